The lowest BCUT2D eigenvalue weighted by molar-refractivity contribution is -0.141. The molecular weight excluding hydrogens is 338 g/mol. The number of rotatable bonds is 7. The summed E-state index contributed by atoms with van der Waals surface area (Å²) in [4.78, 5) is 29.1. The molecule has 1 atom stereocenters. The number of carbonyl (C=O) groups is 2. The SMILES string of the molecule is CCOc1ccc(-c2noc(CCC(=O)N3CC[C@@H](C(=O)O)C3)n2)cc1. The summed E-state index contributed by atoms with van der Waals surface area (Å²) in [5.41, 5.74) is 0.804. The Morgan fingerprint density at radius 3 is 2.77 bits per heavy atom. The Morgan fingerprint density at radius 2 is 2.12 bits per heavy atom. The molecule has 2 aromatic rings. The first-order valence-corrected chi connectivity index (χ1v) is 8.63. The van der Waals surface area contributed by atoms with Crippen LogP contribution in [-0.2, 0) is 16.0 Å². The van der Waals surface area contributed by atoms with Gasteiger partial charge < -0.3 is 19.3 Å². The molecule has 138 valence electrons. The summed E-state index contributed by atoms with van der Waals surface area (Å²) in [7, 11) is 0. The van der Waals surface area contributed by atoms with Gasteiger partial charge in [-0.2, -0.15) is 4.98 Å². The summed E-state index contributed by atoms with van der Waals surface area (Å²) in [6, 6.07) is 7.37. The highest BCUT2D eigenvalue weighted by Gasteiger charge is 2.30. The fourth-order valence-corrected chi connectivity index (χ4v) is 2.90. The van der Waals surface area contributed by atoms with Crippen molar-refractivity contribution >= 4 is 11.9 Å². The summed E-state index contributed by atoms with van der Waals surface area (Å²) in [5, 5.41) is 12.9. The molecule has 0 spiro atoms. The molecule has 1 aromatic carbocycles. The fraction of sp³-hybridized carbons (Fsp3) is 0.444. The lowest BCUT2D eigenvalue weighted by atomic mass is 10.1. The van der Waals surface area contributed by atoms with Gasteiger partial charge in [0.2, 0.25) is 17.6 Å². The minimum atomic E-state index is -0.850. The van der Waals surface area contributed by atoms with E-state index in [4.69, 9.17) is 14.4 Å². The Bertz CT molecular complexity index is 771. The maximum Gasteiger partial charge on any atom is 0.308 e. The van der Waals surface area contributed by atoms with Crippen molar-refractivity contribution in [3.63, 3.8) is 0 Å². The summed E-state index contributed by atoms with van der Waals surface area (Å²) in [5.74, 6) is 0.218. The van der Waals surface area contributed by atoms with E-state index in [1.807, 2.05) is 31.2 Å². The van der Waals surface area contributed by atoms with Gasteiger partial charge >= 0.3 is 5.97 Å². The second-order valence-electron chi connectivity index (χ2n) is 6.13. The molecule has 0 saturated carbocycles. The van der Waals surface area contributed by atoms with Gasteiger partial charge in [0.05, 0.1) is 12.5 Å². The number of nitrogens with zero attached hydrogens (tertiary/aromatic N) is 3. The van der Waals surface area contributed by atoms with Gasteiger partial charge in [-0.05, 0) is 37.6 Å². The van der Waals surface area contributed by atoms with E-state index in [2.05, 4.69) is 10.1 Å². The van der Waals surface area contributed by atoms with Crippen LogP contribution in [0.1, 0.15) is 25.7 Å². The molecule has 8 heteroatoms. The van der Waals surface area contributed by atoms with Crippen LogP contribution in [0.15, 0.2) is 28.8 Å². The zero-order valence-corrected chi connectivity index (χ0v) is 14.6. The van der Waals surface area contributed by atoms with Gasteiger partial charge in [-0.25, -0.2) is 0 Å². The molecule has 1 amide bonds. The van der Waals surface area contributed by atoms with Gasteiger partial charge in [-0.1, -0.05) is 5.16 Å². The van der Waals surface area contributed by atoms with E-state index < -0.39 is 11.9 Å². The minimum Gasteiger partial charge on any atom is -0.494 e. The number of aryl methyl sites for hydroxylation is 1. The molecule has 0 unspecified atom stereocenters. The maximum absolute atomic E-state index is 12.2. The monoisotopic (exact) mass is 359 g/mol. The highest BCUT2D eigenvalue weighted by Crippen LogP contribution is 2.21. The van der Waals surface area contributed by atoms with Gasteiger partial charge in [0.15, 0.2) is 0 Å². The Labute approximate surface area is 150 Å². The van der Waals surface area contributed by atoms with Gasteiger partial charge in [0, 0.05) is 31.5 Å². The summed E-state index contributed by atoms with van der Waals surface area (Å²) >= 11 is 0. The van der Waals surface area contributed by atoms with Crippen molar-refractivity contribution in [1.29, 1.82) is 0 Å². The summed E-state index contributed by atoms with van der Waals surface area (Å²) < 4.78 is 10.6. The van der Waals surface area contributed by atoms with Crippen LogP contribution in [-0.4, -0.2) is 51.7 Å². The molecular formula is C18H21N3O5. The summed E-state index contributed by atoms with van der Waals surface area (Å²) in [6.07, 6.45) is 1.05. The predicted octanol–water partition coefficient (Wildman–Crippen LogP) is 2.00. The highest BCUT2D eigenvalue weighted by molar-refractivity contribution is 5.78. The molecule has 1 aliphatic rings. The third kappa shape index (κ3) is 4.19. The van der Waals surface area contributed by atoms with E-state index in [9.17, 15) is 9.59 Å². The smallest absolute Gasteiger partial charge is 0.308 e. The van der Waals surface area contributed by atoms with Crippen molar-refractivity contribution < 1.29 is 24.0 Å². The van der Waals surface area contributed by atoms with E-state index in [1.54, 1.807) is 4.90 Å². The van der Waals surface area contributed by atoms with Gasteiger partial charge in [0.25, 0.3) is 0 Å². The van der Waals surface area contributed by atoms with Gasteiger partial charge in [-0.15, -0.1) is 0 Å². The molecule has 1 saturated heterocycles. The first-order valence-electron chi connectivity index (χ1n) is 8.63. The average molecular weight is 359 g/mol. The van der Waals surface area contributed by atoms with Crippen molar-refractivity contribution in [2.24, 2.45) is 5.92 Å². The van der Waals surface area contributed by atoms with Crippen LogP contribution in [0.2, 0.25) is 0 Å². The lowest BCUT2D eigenvalue weighted by Crippen LogP contribution is -2.30. The third-order valence-corrected chi connectivity index (χ3v) is 4.33. The largest absolute Gasteiger partial charge is 0.494 e. The predicted molar refractivity (Wildman–Crippen MR) is 91.5 cm³/mol. The van der Waals surface area contributed by atoms with Crippen LogP contribution < -0.4 is 4.74 Å². The molecule has 1 aromatic heterocycles. The van der Waals surface area contributed by atoms with Crippen LogP contribution in [0.3, 0.4) is 0 Å². The first-order chi connectivity index (χ1) is 12.6. The number of aromatic nitrogens is 2. The van der Waals surface area contributed by atoms with E-state index in [-0.39, 0.29) is 18.9 Å². The number of benzene rings is 1. The van der Waals surface area contributed by atoms with Crippen molar-refractivity contribution in [3.05, 3.63) is 30.2 Å². The van der Waals surface area contributed by atoms with Gasteiger partial charge in [-0.3, -0.25) is 9.59 Å². The minimum absolute atomic E-state index is 0.0884. The number of carboxylic acid groups (broad SMARTS) is 1. The van der Waals surface area contributed by atoms with Crippen LogP contribution in [0.25, 0.3) is 11.4 Å². The van der Waals surface area contributed by atoms with Crippen LogP contribution in [0.5, 0.6) is 5.75 Å². The Kier molecular flexibility index (Phi) is 5.50. The number of carbonyl (C=O) groups excluding carboxylic acids is 1. The topological polar surface area (TPSA) is 106 Å². The number of hydrogen-bond acceptors (Lipinski definition) is 6. The molecule has 1 N–H and O–H groups in total. The van der Waals surface area contributed by atoms with Crippen LogP contribution in [0, 0.1) is 5.92 Å². The molecule has 8 nitrogen and oxygen atoms in total. The van der Waals surface area contributed by atoms with E-state index in [0.29, 0.717) is 37.7 Å². The van der Waals surface area contributed by atoms with E-state index in [0.717, 1.165) is 11.3 Å². The third-order valence-electron chi connectivity index (χ3n) is 4.33. The van der Waals surface area contributed by atoms with Crippen LogP contribution in [0.4, 0.5) is 0 Å². The number of carboxylic acids is 1. The molecule has 3 rings (SSSR count). The Morgan fingerprint density at radius 1 is 1.35 bits per heavy atom. The fourth-order valence-electron chi connectivity index (χ4n) is 2.90. The molecule has 0 radical (unpaired) electrons. The highest BCUT2D eigenvalue weighted by atomic mass is 16.5. The Hall–Kier alpha value is -2.90. The quantitative estimate of drug-likeness (QED) is 0.806. The van der Waals surface area contributed by atoms with Crippen LogP contribution >= 0.6 is 0 Å². The Balaban J connectivity index is 1.54. The average Bonchev–Trinajstić information content (AvgIpc) is 3.30. The van der Waals surface area contributed by atoms with E-state index >= 15 is 0 Å². The van der Waals surface area contributed by atoms with Gasteiger partial charge in [0.1, 0.15) is 5.75 Å². The van der Waals surface area contributed by atoms with Crippen molar-refractivity contribution in [2.45, 2.75) is 26.2 Å². The molecule has 26 heavy (non-hydrogen) atoms. The number of aliphatic carboxylic acids is 1. The first kappa shape index (κ1) is 17.9. The molecule has 2 heterocycles. The maximum atomic E-state index is 12.2. The second-order valence-corrected chi connectivity index (χ2v) is 6.13. The van der Waals surface area contributed by atoms with E-state index in [1.165, 1.54) is 0 Å². The van der Waals surface area contributed by atoms with Crippen molar-refractivity contribution in [2.75, 3.05) is 19.7 Å². The molecule has 0 aliphatic carbocycles. The zero-order chi connectivity index (χ0) is 18.5. The standard InChI is InChI=1S/C18H21N3O5/c1-2-25-14-5-3-12(4-6-14)17-19-15(26-20-17)7-8-16(22)21-10-9-13(11-21)18(23)24/h3-6,13H,2,7-11H2,1H3,(H,23,24)/t13-/m1/s1. The molecule has 1 aliphatic heterocycles. The van der Waals surface area contributed by atoms with Crippen molar-refractivity contribution in [1.82, 2.24) is 15.0 Å². The number of hydrogen-bond donors (Lipinski definition) is 1. The molecule has 1 fully saturated rings. The van der Waals surface area contributed by atoms with Crippen molar-refractivity contribution in [3.8, 4) is 17.1 Å². The normalized spacial score (nSPS) is 16.7. The lowest BCUT2D eigenvalue weighted by Gasteiger charge is -2.14. The number of likely N-dealkylation sites (tertiary alicyclic amines) is 1. The second kappa shape index (κ2) is 7.99. The zero-order valence-electron chi connectivity index (χ0n) is 14.6. The molecule has 0 bridgehead atoms. The number of amides is 1. The number of ether oxygens (including phenoxy) is 1. The summed E-state index contributed by atoms with van der Waals surface area (Å²) in [6.45, 7) is 3.28.